The molecule has 0 spiro atoms. The highest BCUT2D eigenvalue weighted by Crippen LogP contribution is 2.13. The van der Waals surface area contributed by atoms with Gasteiger partial charge >= 0.3 is 0 Å². The maximum atomic E-state index is 13.2. The minimum absolute atomic E-state index is 0.0278. The SMILES string of the molecule is NNC(CCc1ccccc1)Cc1ccc(F)c(F)c1. The van der Waals surface area contributed by atoms with E-state index in [0.717, 1.165) is 24.5 Å². The first-order valence-corrected chi connectivity index (χ1v) is 6.63. The van der Waals surface area contributed by atoms with Gasteiger partial charge in [0, 0.05) is 6.04 Å². The Morgan fingerprint density at radius 2 is 1.70 bits per heavy atom. The van der Waals surface area contributed by atoms with Crippen molar-refractivity contribution in [2.75, 3.05) is 0 Å². The van der Waals surface area contributed by atoms with Crippen LogP contribution in [0.1, 0.15) is 17.5 Å². The fraction of sp³-hybridized carbons (Fsp3) is 0.250. The van der Waals surface area contributed by atoms with E-state index in [4.69, 9.17) is 5.84 Å². The van der Waals surface area contributed by atoms with Gasteiger partial charge in [0.2, 0.25) is 0 Å². The smallest absolute Gasteiger partial charge is 0.159 e. The molecule has 0 aliphatic rings. The fourth-order valence-corrected chi connectivity index (χ4v) is 2.18. The quantitative estimate of drug-likeness (QED) is 0.629. The van der Waals surface area contributed by atoms with Crippen LogP contribution in [0.15, 0.2) is 48.5 Å². The Kier molecular flexibility index (Phi) is 5.21. The van der Waals surface area contributed by atoms with Crippen LogP contribution in [0.3, 0.4) is 0 Å². The summed E-state index contributed by atoms with van der Waals surface area (Å²) in [6, 6.07) is 14.1. The van der Waals surface area contributed by atoms with Crippen molar-refractivity contribution in [3.8, 4) is 0 Å². The zero-order valence-corrected chi connectivity index (χ0v) is 11.2. The van der Waals surface area contributed by atoms with Crippen LogP contribution in [0, 0.1) is 11.6 Å². The molecule has 0 radical (unpaired) electrons. The highest BCUT2D eigenvalue weighted by atomic mass is 19.2. The van der Waals surface area contributed by atoms with E-state index in [1.54, 1.807) is 6.07 Å². The number of benzene rings is 2. The lowest BCUT2D eigenvalue weighted by molar-refractivity contribution is 0.483. The van der Waals surface area contributed by atoms with E-state index in [2.05, 4.69) is 17.6 Å². The van der Waals surface area contributed by atoms with E-state index in [0.29, 0.717) is 6.42 Å². The summed E-state index contributed by atoms with van der Waals surface area (Å²) in [5, 5.41) is 0. The van der Waals surface area contributed by atoms with Crippen molar-refractivity contribution in [3.05, 3.63) is 71.3 Å². The van der Waals surface area contributed by atoms with Gasteiger partial charge in [-0.3, -0.25) is 11.3 Å². The fourth-order valence-electron chi connectivity index (χ4n) is 2.18. The maximum absolute atomic E-state index is 13.2. The Balaban J connectivity index is 1.93. The molecule has 0 saturated heterocycles. The molecule has 3 N–H and O–H groups in total. The van der Waals surface area contributed by atoms with Crippen LogP contribution in [0.2, 0.25) is 0 Å². The number of nitrogens with two attached hydrogens (primary N) is 1. The lowest BCUT2D eigenvalue weighted by Gasteiger charge is -2.16. The molecule has 0 aliphatic carbocycles. The standard InChI is InChI=1S/C16H18F2N2/c17-15-9-7-13(11-16(15)18)10-14(20-19)8-6-12-4-2-1-3-5-12/h1-5,7,9,11,14,20H,6,8,10,19H2. The number of hydrogen-bond acceptors (Lipinski definition) is 2. The molecule has 0 heterocycles. The summed E-state index contributed by atoms with van der Waals surface area (Å²) >= 11 is 0. The first kappa shape index (κ1) is 14.6. The molecule has 2 rings (SSSR count). The zero-order chi connectivity index (χ0) is 14.4. The molecule has 2 aromatic rings. The van der Waals surface area contributed by atoms with Crippen LogP contribution in [0.25, 0.3) is 0 Å². The van der Waals surface area contributed by atoms with E-state index >= 15 is 0 Å². The van der Waals surface area contributed by atoms with Crippen molar-refractivity contribution in [1.29, 1.82) is 0 Å². The predicted octanol–water partition coefficient (Wildman–Crippen LogP) is 2.97. The molecule has 0 saturated carbocycles. The summed E-state index contributed by atoms with van der Waals surface area (Å²) in [5.41, 5.74) is 4.71. The first-order chi connectivity index (χ1) is 9.69. The number of rotatable bonds is 6. The third kappa shape index (κ3) is 4.11. The Morgan fingerprint density at radius 3 is 2.35 bits per heavy atom. The Morgan fingerprint density at radius 1 is 0.950 bits per heavy atom. The van der Waals surface area contributed by atoms with Crippen LogP contribution in [0.4, 0.5) is 8.78 Å². The third-order valence-electron chi connectivity index (χ3n) is 3.33. The molecule has 1 atom stereocenters. The summed E-state index contributed by atoms with van der Waals surface area (Å²) < 4.78 is 26.0. The predicted molar refractivity (Wildman–Crippen MR) is 75.9 cm³/mol. The molecule has 0 bridgehead atoms. The van der Waals surface area contributed by atoms with Crippen molar-refractivity contribution in [2.24, 2.45) is 5.84 Å². The van der Waals surface area contributed by atoms with Gasteiger partial charge < -0.3 is 0 Å². The molecular weight excluding hydrogens is 258 g/mol. The molecule has 1 unspecified atom stereocenters. The zero-order valence-electron chi connectivity index (χ0n) is 11.2. The van der Waals surface area contributed by atoms with E-state index in [1.165, 1.54) is 11.6 Å². The molecule has 2 aromatic carbocycles. The monoisotopic (exact) mass is 276 g/mol. The van der Waals surface area contributed by atoms with Gasteiger partial charge in [0.05, 0.1) is 0 Å². The minimum atomic E-state index is -0.824. The van der Waals surface area contributed by atoms with Crippen LogP contribution in [-0.2, 0) is 12.8 Å². The van der Waals surface area contributed by atoms with E-state index in [1.807, 2.05) is 18.2 Å². The molecule has 0 aromatic heterocycles. The van der Waals surface area contributed by atoms with Gasteiger partial charge in [-0.05, 0) is 42.5 Å². The molecule has 20 heavy (non-hydrogen) atoms. The van der Waals surface area contributed by atoms with Gasteiger partial charge in [-0.15, -0.1) is 0 Å². The second-order valence-electron chi connectivity index (χ2n) is 4.84. The lowest BCUT2D eigenvalue weighted by atomic mass is 9.99. The summed E-state index contributed by atoms with van der Waals surface area (Å²) in [4.78, 5) is 0. The van der Waals surface area contributed by atoms with Crippen LogP contribution >= 0.6 is 0 Å². The van der Waals surface area contributed by atoms with Crippen molar-refractivity contribution in [3.63, 3.8) is 0 Å². The third-order valence-corrected chi connectivity index (χ3v) is 3.33. The van der Waals surface area contributed by atoms with Crippen LogP contribution in [-0.4, -0.2) is 6.04 Å². The van der Waals surface area contributed by atoms with Crippen molar-refractivity contribution >= 4 is 0 Å². The Hall–Kier alpha value is -1.78. The van der Waals surface area contributed by atoms with Gasteiger partial charge in [0.15, 0.2) is 11.6 Å². The second-order valence-corrected chi connectivity index (χ2v) is 4.84. The Labute approximate surface area is 117 Å². The van der Waals surface area contributed by atoms with Gasteiger partial charge in [0.25, 0.3) is 0 Å². The van der Waals surface area contributed by atoms with E-state index in [-0.39, 0.29) is 6.04 Å². The highest BCUT2D eigenvalue weighted by Gasteiger charge is 2.10. The second kappa shape index (κ2) is 7.12. The first-order valence-electron chi connectivity index (χ1n) is 6.63. The van der Waals surface area contributed by atoms with Gasteiger partial charge in [-0.2, -0.15) is 0 Å². The molecular formula is C16H18F2N2. The number of aryl methyl sites for hydroxylation is 1. The van der Waals surface area contributed by atoms with Gasteiger partial charge in [0.1, 0.15) is 0 Å². The molecule has 0 amide bonds. The van der Waals surface area contributed by atoms with E-state index < -0.39 is 11.6 Å². The number of nitrogens with one attached hydrogen (secondary N) is 1. The van der Waals surface area contributed by atoms with Gasteiger partial charge in [-0.1, -0.05) is 36.4 Å². The minimum Gasteiger partial charge on any atom is -0.271 e. The van der Waals surface area contributed by atoms with Crippen molar-refractivity contribution in [1.82, 2.24) is 5.43 Å². The normalized spacial score (nSPS) is 12.3. The Bertz CT molecular complexity index is 543. The largest absolute Gasteiger partial charge is 0.271 e. The molecule has 0 fully saturated rings. The summed E-state index contributed by atoms with van der Waals surface area (Å²) in [7, 11) is 0. The number of halogens is 2. The average Bonchev–Trinajstić information content (AvgIpc) is 2.48. The highest BCUT2D eigenvalue weighted by molar-refractivity contribution is 5.19. The lowest BCUT2D eigenvalue weighted by Crippen LogP contribution is -2.37. The van der Waals surface area contributed by atoms with Crippen molar-refractivity contribution in [2.45, 2.75) is 25.3 Å². The van der Waals surface area contributed by atoms with E-state index in [9.17, 15) is 8.78 Å². The van der Waals surface area contributed by atoms with Crippen molar-refractivity contribution < 1.29 is 8.78 Å². The molecule has 0 aliphatic heterocycles. The molecule has 106 valence electrons. The topological polar surface area (TPSA) is 38.0 Å². The maximum Gasteiger partial charge on any atom is 0.159 e. The number of hydrogen-bond donors (Lipinski definition) is 2. The van der Waals surface area contributed by atoms with Gasteiger partial charge in [-0.25, -0.2) is 8.78 Å². The summed E-state index contributed by atoms with van der Waals surface area (Å²) in [6.45, 7) is 0. The number of hydrazine groups is 1. The summed E-state index contributed by atoms with van der Waals surface area (Å²) in [5.74, 6) is 3.89. The molecule has 4 heteroatoms. The summed E-state index contributed by atoms with van der Waals surface area (Å²) in [6.07, 6.45) is 2.29. The molecule has 2 nitrogen and oxygen atoms in total. The van der Waals surface area contributed by atoms with Crippen LogP contribution < -0.4 is 11.3 Å². The van der Waals surface area contributed by atoms with Crippen LogP contribution in [0.5, 0.6) is 0 Å². The average molecular weight is 276 g/mol.